The van der Waals surface area contributed by atoms with Crippen LogP contribution in [0, 0.1) is 11.8 Å². The lowest BCUT2D eigenvalue weighted by Gasteiger charge is -2.39. The summed E-state index contributed by atoms with van der Waals surface area (Å²) >= 11 is 0. The van der Waals surface area contributed by atoms with Gasteiger partial charge in [0.25, 0.3) is 0 Å². The summed E-state index contributed by atoms with van der Waals surface area (Å²) in [7, 11) is 0. The highest BCUT2D eigenvalue weighted by Gasteiger charge is 2.31. The van der Waals surface area contributed by atoms with Crippen molar-refractivity contribution in [1.29, 1.82) is 0 Å². The Labute approximate surface area is 152 Å². The van der Waals surface area contributed by atoms with Crippen LogP contribution in [0.5, 0.6) is 5.75 Å². The third-order valence-electron chi connectivity index (χ3n) is 5.78. The van der Waals surface area contributed by atoms with Crippen molar-refractivity contribution in [3.63, 3.8) is 0 Å². The van der Waals surface area contributed by atoms with Crippen LogP contribution < -0.4 is 4.74 Å². The van der Waals surface area contributed by atoms with E-state index in [1.165, 1.54) is 6.42 Å². The van der Waals surface area contributed by atoms with Crippen molar-refractivity contribution < 1.29 is 9.53 Å². The molecule has 138 valence electrons. The van der Waals surface area contributed by atoms with Crippen LogP contribution in [0.1, 0.15) is 39.5 Å². The van der Waals surface area contributed by atoms with E-state index in [2.05, 4.69) is 23.6 Å². The minimum atomic E-state index is -0.00654. The molecule has 0 bridgehead atoms. The molecular weight excluding hydrogens is 312 g/mol. The molecule has 1 amide bonds. The number of carbonyl (C=O) groups excluding carboxylic acids is 1. The van der Waals surface area contributed by atoms with Crippen molar-refractivity contribution in [2.24, 2.45) is 11.8 Å². The number of rotatable bonds is 5. The van der Waals surface area contributed by atoms with Crippen LogP contribution in [0.15, 0.2) is 30.3 Å². The molecule has 2 aliphatic rings. The van der Waals surface area contributed by atoms with E-state index in [9.17, 15) is 4.79 Å². The zero-order chi connectivity index (χ0) is 17.6. The molecular formula is C21H32N2O2. The molecule has 0 N–H and O–H groups in total. The molecule has 25 heavy (non-hydrogen) atoms. The van der Waals surface area contributed by atoms with E-state index in [1.807, 2.05) is 30.3 Å². The Bertz CT molecular complexity index is 540. The molecule has 0 spiro atoms. The van der Waals surface area contributed by atoms with Crippen LogP contribution in [0.4, 0.5) is 0 Å². The summed E-state index contributed by atoms with van der Waals surface area (Å²) in [5.74, 6) is 2.52. The summed E-state index contributed by atoms with van der Waals surface area (Å²) in [5, 5.41) is 0. The van der Waals surface area contributed by atoms with Crippen molar-refractivity contribution in [3.8, 4) is 5.75 Å². The number of hydrogen-bond acceptors (Lipinski definition) is 3. The molecule has 2 aliphatic heterocycles. The van der Waals surface area contributed by atoms with Crippen LogP contribution in [0.25, 0.3) is 0 Å². The van der Waals surface area contributed by atoms with Crippen LogP contribution in [-0.4, -0.2) is 54.5 Å². The largest absolute Gasteiger partial charge is 0.493 e. The minimum Gasteiger partial charge on any atom is -0.493 e. The number of piperidine rings is 2. The maximum atomic E-state index is 12.8. The van der Waals surface area contributed by atoms with E-state index in [0.717, 1.165) is 63.7 Å². The third-order valence-corrected chi connectivity index (χ3v) is 5.78. The first-order chi connectivity index (χ1) is 12.1. The first-order valence-electron chi connectivity index (χ1n) is 9.84. The maximum absolute atomic E-state index is 12.8. The first kappa shape index (κ1) is 18.2. The maximum Gasteiger partial charge on any atom is 0.239 e. The summed E-state index contributed by atoms with van der Waals surface area (Å²) in [6, 6.07) is 10.0. The van der Waals surface area contributed by atoms with E-state index < -0.39 is 0 Å². The zero-order valence-electron chi connectivity index (χ0n) is 15.7. The quantitative estimate of drug-likeness (QED) is 0.820. The molecule has 0 saturated carbocycles. The second-order valence-corrected chi connectivity index (χ2v) is 7.81. The lowest BCUT2D eigenvalue weighted by molar-refractivity contribution is -0.138. The van der Waals surface area contributed by atoms with Gasteiger partial charge in [0.15, 0.2) is 0 Å². The number of carbonyl (C=O) groups is 1. The van der Waals surface area contributed by atoms with Crippen molar-refractivity contribution >= 4 is 5.91 Å². The highest BCUT2D eigenvalue weighted by atomic mass is 16.5. The molecule has 4 heteroatoms. The fourth-order valence-electron chi connectivity index (χ4n) is 3.97. The molecule has 3 rings (SSSR count). The van der Waals surface area contributed by atoms with E-state index in [0.29, 0.717) is 11.8 Å². The van der Waals surface area contributed by atoms with Gasteiger partial charge in [-0.15, -0.1) is 0 Å². The average molecular weight is 344 g/mol. The zero-order valence-corrected chi connectivity index (χ0v) is 15.7. The molecule has 1 aromatic rings. The Balaban J connectivity index is 1.49. The Morgan fingerprint density at radius 2 is 1.88 bits per heavy atom. The fraction of sp³-hybridized carbons (Fsp3) is 0.667. The lowest BCUT2D eigenvalue weighted by Crippen LogP contribution is -2.52. The van der Waals surface area contributed by atoms with Gasteiger partial charge < -0.3 is 9.64 Å². The number of benzene rings is 1. The fourth-order valence-corrected chi connectivity index (χ4v) is 3.97. The number of likely N-dealkylation sites (tertiary alicyclic amines) is 2. The molecule has 2 atom stereocenters. The molecule has 2 fully saturated rings. The highest BCUT2D eigenvalue weighted by molar-refractivity contribution is 5.81. The molecule has 4 nitrogen and oxygen atoms in total. The highest BCUT2D eigenvalue weighted by Crippen LogP contribution is 2.22. The second kappa shape index (κ2) is 8.70. The van der Waals surface area contributed by atoms with Gasteiger partial charge in [0.1, 0.15) is 5.75 Å². The Morgan fingerprint density at radius 3 is 2.60 bits per heavy atom. The van der Waals surface area contributed by atoms with E-state index in [-0.39, 0.29) is 6.04 Å². The molecule has 2 heterocycles. The monoisotopic (exact) mass is 344 g/mol. The molecule has 2 unspecified atom stereocenters. The summed E-state index contributed by atoms with van der Waals surface area (Å²) in [6.45, 7) is 8.96. The Kier molecular flexibility index (Phi) is 6.35. The summed E-state index contributed by atoms with van der Waals surface area (Å²) in [6.07, 6.45) is 4.63. The Morgan fingerprint density at radius 1 is 1.16 bits per heavy atom. The van der Waals surface area contributed by atoms with Gasteiger partial charge in [-0.1, -0.05) is 25.1 Å². The number of ether oxygens (including phenoxy) is 1. The van der Waals surface area contributed by atoms with Gasteiger partial charge >= 0.3 is 0 Å². The number of para-hydroxylation sites is 1. The van der Waals surface area contributed by atoms with Gasteiger partial charge in [-0.3, -0.25) is 9.69 Å². The first-order valence-corrected chi connectivity index (χ1v) is 9.84. The minimum absolute atomic E-state index is 0.00654. The Hall–Kier alpha value is -1.55. The normalized spacial score (nSPS) is 24.1. The molecule has 2 saturated heterocycles. The van der Waals surface area contributed by atoms with Crippen molar-refractivity contribution in [2.45, 2.75) is 45.6 Å². The SMILES string of the molecule is CC1CCN(C(=O)C(C)N2CCCC(COc3ccccc3)C2)CC1. The van der Waals surface area contributed by atoms with Crippen LogP contribution in [-0.2, 0) is 4.79 Å². The second-order valence-electron chi connectivity index (χ2n) is 7.81. The van der Waals surface area contributed by atoms with E-state index in [1.54, 1.807) is 0 Å². The molecule has 1 aromatic carbocycles. The predicted molar refractivity (Wildman–Crippen MR) is 101 cm³/mol. The topological polar surface area (TPSA) is 32.8 Å². The summed E-state index contributed by atoms with van der Waals surface area (Å²) in [5.41, 5.74) is 0. The van der Waals surface area contributed by atoms with Gasteiger partial charge in [0.2, 0.25) is 5.91 Å². The van der Waals surface area contributed by atoms with Crippen LogP contribution in [0.3, 0.4) is 0 Å². The third kappa shape index (κ3) is 4.97. The van der Waals surface area contributed by atoms with Gasteiger partial charge in [-0.25, -0.2) is 0 Å². The molecule has 0 aromatic heterocycles. The summed E-state index contributed by atoms with van der Waals surface area (Å²) in [4.78, 5) is 17.3. The van der Waals surface area contributed by atoms with E-state index >= 15 is 0 Å². The standard InChI is InChI=1S/C21H32N2O2/c1-17-10-13-22(14-11-17)21(24)18(2)23-12-6-7-19(15-23)16-25-20-8-4-3-5-9-20/h3-5,8-9,17-19H,6-7,10-16H2,1-2H3. The summed E-state index contributed by atoms with van der Waals surface area (Å²) < 4.78 is 5.94. The van der Waals surface area contributed by atoms with Crippen LogP contribution in [0.2, 0.25) is 0 Å². The lowest BCUT2D eigenvalue weighted by atomic mass is 9.96. The predicted octanol–water partition coefficient (Wildman–Crippen LogP) is 3.42. The van der Waals surface area contributed by atoms with Gasteiger partial charge in [-0.05, 0) is 57.2 Å². The number of nitrogens with zero attached hydrogens (tertiary/aromatic N) is 2. The average Bonchev–Trinajstić information content (AvgIpc) is 2.67. The van der Waals surface area contributed by atoms with Crippen molar-refractivity contribution in [1.82, 2.24) is 9.80 Å². The molecule has 0 aliphatic carbocycles. The van der Waals surface area contributed by atoms with Gasteiger partial charge in [0.05, 0.1) is 12.6 Å². The smallest absolute Gasteiger partial charge is 0.239 e. The van der Waals surface area contributed by atoms with Crippen LogP contribution >= 0.6 is 0 Å². The van der Waals surface area contributed by atoms with Gasteiger partial charge in [0, 0.05) is 25.6 Å². The van der Waals surface area contributed by atoms with Crippen molar-refractivity contribution in [2.75, 3.05) is 32.8 Å². The number of hydrogen-bond donors (Lipinski definition) is 0. The van der Waals surface area contributed by atoms with E-state index in [4.69, 9.17) is 4.74 Å². The molecule has 0 radical (unpaired) electrons. The van der Waals surface area contributed by atoms with Gasteiger partial charge in [-0.2, -0.15) is 0 Å². The van der Waals surface area contributed by atoms with Crippen molar-refractivity contribution in [3.05, 3.63) is 30.3 Å². The number of amides is 1.